The molecule has 0 bridgehead atoms. The minimum Gasteiger partial charge on any atom is -0.131 e. The molecule has 2 heteroatoms. The lowest BCUT2D eigenvalue weighted by Gasteiger charge is -1.96. The summed E-state index contributed by atoms with van der Waals surface area (Å²) < 4.78 is 0. The zero-order valence-electron chi connectivity index (χ0n) is 15.7. The van der Waals surface area contributed by atoms with Gasteiger partial charge >= 0.3 is 0 Å². The fraction of sp³-hybridized carbons (Fsp3) is 0.0769. The Morgan fingerprint density at radius 2 is 0.929 bits per heavy atom. The quantitative estimate of drug-likeness (QED) is 0.308. The molecular weight excluding hydrogens is 376 g/mol. The van der Waals surface area contributed by atoms with E-state index in [2.05, 4.69) is 49.7 Å². The zero-order valence-corrected chi connectivity index (χ0v) is 17.4. The summed E-state index contributed by atoms with van der Waals surface area (Å²) in [5.74, 6) is 13.1. The molecular formula is C26H18S2. The normalized spacial score (nSPS) is 9.93. The molecule has 0 aliphatic carbocycles. The van der Waals surface area contributed by atoms with Gasteiger partial charge in [0.15, 0.2) is 0 Å². The van der Waals surface area contributed by atoms with Crippen molar-refractivity contribution < 1.29 is 0 Å². The number of aryl methyl sites for hydroxylation is 2. The summed E-state index contributed by atoms with van der Waals surface area (Å²) in [5.41, 5.74) is 4.62. The van der Waals surface area contributed by atoms with Gasteiger partial charge in [0, 0.05) is 20.9 Å². The first kappa shape index (κ1) is 18.3. The number of hydrogen-bond acceptors (Lipinski definition) is 2. The van der Waals surface area contributed by atoms with Crippen molar-refractivity contribution in [1.29, 1.82) is 0 Å². The van der Waals surface area contributed by atoms with Gasteiger partial charge in [-0.05, 0) is 61.4 Å². The van der Waals surface area contributed by atoms with E-state index in [-0.39, 0.29) is 0 Å². The van der Waals surface area contributed by atoms with Crippen LogP contribution in [0, 0.1) is 37.5 Å². The van der Waals surface area contributed by atoms with Crippen LogP contribution in [0.15, 0.2) is 72.8 Å². The van der Waals surface area contributed by atoms with Crippen LogP contribution < -0.4 is 0 Å². The van der Waals surface area contributed by atoms with Gasteiger partial charge in [0.05, 0.1) is 9.75 Å². The Morgan fingerprint density at radius 3 is 1.32 bits per heavy atom. The van der Waals surface area contributed by atoms with Crippen molar-refractivity contribution in [3.05, 3.63) is 103 Å². The molecule has 0 aliphatic heterocycles. The van der Waals surface area contributed by atoms with Crippen LogP contribution in [-0.4, -0.2) is 0 Å². The van der Waals surface area contributed by atoms with Crippen molar-refractivity contribution in [3.8, 4) is 34.8 Å². The van der Waals surface area contributed by atoms with Gasteiger partial charge < -0.3 is 0 Å². The van der Waals surface area contributed by atoms with Crippen molar-refractivity contribution in [2.24, 2.45) is 0 Å². The van der Waals surface area contributed by atoms with Crippen molar-refractivity contribution in [2.75, 3.05) is 0 Å². The molecule has 0 saturated carbocycles. The van der Waals surface area contributed by atoms with Gasteiger partial charge in [-0.1, -0.05) is 60.1 Å². The molecule has 0 spiro atoms. The Bertz CT molecular complexity index is 1120. The molecule has 0 unspecified atom stereocenters. The minimum atomic E-state index is 1.04. The third-order valence-corrected chi connectivity index (χ3v) is 6.27. The first-order valence-electron chi connectivity index (χ1n) is 9.04. The predicted molar refractivity (Wildman–Crippen MR) is 122 cm³/mol. The van der Waals surface area contributed by atoms with E-state index >= 15 is 0 Å². The van der Waals surface area contributed by atoms with Crippen LogP contribution in [-0.2, 0) is 0 Å². The molecule has 4 rings (SSSR count). The van der Waals surface area contributed by atoms with E-state index in [1.807, 2.05) is 60.7 Å². The van der Waals surface area contributed by atoms with Crippen molar-refractivity contribution in [2.45, 2.75) is 13.8 Å². The maximum absolute atomic E-state index is 3.31. The summed E-state index contributed by atoms with van der Waals surface area (Å²) in [5, 5.41) is 0. The highest BCUT2D eigenvalue weighted by atomic mass is 32.1. The van der Waals surface area contributed by atoms with Gasteiger partial charge in [0.25, 0.3) is 0 Å². The van der Waals surface area contributed by atoms with E-state index in [4.69, 9.17) is 0 Å². The lowest BCUT2D eigenvalue weighted by Crippen LogP contribution is -1.75. The number of benzene rings is 2. The van der Waals surface area contributed by atoms with Gasteiger partial charge in [-0.15, -0.1) is 22.7 Å². The minimum absolute atomic E-state index is 1.04. The van der Waals surface area contributed by atoms with Gasteiger partial charge in [-0.2, -0.15) is 0 Å². The Balaban J connectivity index is 1.62. The molecule has 4 aromatic rings. The zero-order chi connectivity index (χ0) is 19.3. The Hall–Kier alpha value is -3.04. The highest BCUT2D eigenvalue weighted by molar-refractivity contribution is 7.14. The topological polar surface area (TPSA) is 0 Å². The summed E-state index contributed by atoms with van der Waals surface area (Å²) in [6.07, 6.45) is 0. The first-order valence-corrected chi connectivity index (χ1v) is 10.7. The van der Waals surface area contributed by atoms with E-state index in [1.165, 1.54) is 20.9 Å². The van der Waals surface area contributed by atoms with Crippen LogP contribution in [0.4, 0.5) is 0 Å². The van der Waals surface area contributed by atoms with E-state index in [9.17, 15) is 0 Å². The van der Waals surface area contributed by atoms with Crippen LogP contribution in [0.1, 0.15) is 30.6 Å². The summed E-state index contributed by atoms with van der Waals surface area (Å²) >= 11 is 3.50. The molecule has 0 radical (unpaired) electrons. The maximum Gasteiger partial charge on any atom is 0.0781 e. The molecule has 0 fully saturated rings. The first-order chi connectivity index (χ1) is 13.7. The van der Waals surface area contributed by atoms with Crippen molar-refractivity contribution in [3.63, 3.8) is 0 Å². The second-order valence-electron chi connectivity index (χ2n) is 6.39. The summed E-state index contributed by atoms with van der Waals surface area (Å²) in [6, 6.07) is 24.6. The predicted octanol–water partition coefficient (Wildman–Crippen LogP) is 6.89. The fourth-order valence-corrected chi connectivity index (χ4v) is 4.71. The van der Waals surface area contributed by atoms with Crippen LogP contribution in [0.25, 0.3) is 11.1 Å². The Kier molecular flexibility index (Phi) is 5.45. The van der Waals surface area contributed by atoms with E-state index < -0.39 is 0 Å². The molecule has 0 aliphatic rings. The number of hydrogen-bond donors (Lipinski definition) is 0. The van der Waals surface area contributed by atoms with Gasteiger partial charge in [0.2, 0.25) is 0 Å². The Labute approximate surface area is 174 Å². The number of thiophene rings is 2. The van der Waals surface area contributed by atoms with Gasteiger partial charge in [-0.25, -0.2) is 0 Å². The molecule has 2 aromatic carbocycles. The molecule has 2 aromatic heterocycles. The number of rotatable bonds is 1. The van der Waals surface area contributed by atoms with E-state index in [0.717, 1.165) is 20.9 Å². The summed E-state index contributed by atoms with van der Waals surface area (Å²) in [6.45, 7) is 4.33. The van der Waals surface area contributed by atoms with Crippen LogP contribution in [0.3, 0.4) is 0 Å². The monoisotopic (exact) mass is 394 g/mol. The molecule has 28 heavy (non-hydrogen) atoms. The third kappa shape index (κ3) is 4.26. The highest BCUT2D eigenvalue weighted by Gasteiger charge is 2.12. The molecule has 0 amide bonds. The third-order valence-electron chi connectivity index (χ3n) is 4.33. The van der Waals surface area contributed by atoms with Crippen molar-refractivity contribution in [1.82, 2.24) is 0 Å². The maximum atomic E-state index is 3.31. The largest absolute Gasteiger partial charge is 0.131 e. The van der Waals surface area contributed by atoms with Gasteiger partial charge in [0.1, 0.15) is 0 Å². The molecule has 0 saturated heterocycles. The van der Waals surface area contributed by atoms with Crippen LogP contribution in [0.2, 0.25) is 0 Å². The van der Waals surface area contributed by atoms with Crippen molar-refractivity contribution >= 4 is 22.7 Å². The average Bonchev–Trinajstić information content (AvgIpc) is 3.28. The standard InChI is InChI=1S/C26H18S2/c1-19-25(17-23(27-19)15-13-21-9-5-3-6-10-21)26-18-24(28-20(26)2)16-14-22-11-7-4-8-12-22/h3-12,17-18H,1-2H3. The SMILES string of the molecule is Cc1sc(C#Cc2ccccc2)cc1-c1cc(C#Cc2ccccc2)sc1C. The van der Waals surface area contributed by atoms with Gasteiger partial charge in [-0.3, -0.25) is 0 Å². The smallest absolute Gasteiger partial charge is 0.0781 e. The van der Waals surface area contributed by atoms with Crippen LogP contribution in [0.5, 0.6) is 0 Å². The lowest BCUT2D eigenvalue weighted by molar-refractivity contribution is 1.56. The average molecular weight is 395 g/mol. The summed E-state index contributed by atoms with van der Waals surface area (Å²) in [7, 11) is 0. The lowest BCUT2D eigenvalue weighted by atomic mass is 10.1. The molecule has 134 valence electrons. The Morgan fingerprint density at radius 1 is 0.536 bits per heavy atom. The highest BCUT2D eigenvalue weighted by Crippen LogP contribution is 2.36. The van der Waals surface area contributed by atoms with E-state index in [0.29, 0.717) is 0 Å². The second kappa shape index (κ2) is 8.32. The molecule has 0 N–H and O–H groups in total. The van der Waals surface area contributed by atoms with E-state index in [1.54, 1.807) is 22.7 Å². The molecule has 0 atom stereocenters. The summed E-state index contributed by atoms with van der Waals surface area (Å²) in [4.78, 5) is 4.78. The molecule has 2 heterocycles. The second-order valence-corrected chi connectivity index (χ2v) is 8.91. The fourth-order valence-electron chi connectivity index (χ4n) is 2.93. The molecule has 0 nitrogen and oxygen atoms in total. The van der Waals surface area contributed by atoms with Crippen LogP contribution >= 0.6 is 22.7 Å².